The average Bonchev–Trinajstić information content (AvgIpc) is 3.25. The monoisotopic (exact) mass is 250 g/mol. The number of nitrogens with zero attached hydrogens (tertiary/aromatic N) is 1. The van der Waals surface area contributed by atoms with E-state index >= 15 is 0 Å². The van der Waals surface area contributed by atoms with Crippen LogP contribution in [0.5, 0.6) is 0 Å². The molecule has 1 aliphatic heterocycles. The van der Waals surface area contributed by atoms with Crippen LogP contribution >= 0.6 is 0 Å². The van der Waals surface area contributed by atoms with Crippen molar-refractivity contribution in [2.45, 2.75) is 77.0 Å². The van der Waals surface area contributed by atoms with Crippen molar-refractivity contribution in [2.24, 2.45) is 11.8 Å². The summed E-state index contributed by atoms with van der Waals surface area (Å²) in [6.45, 7) is 6.38. The predicted molar refractivity (Wildman–Crippen MR) is 72.0 cm³/mol. The maximum atomic E-state index is 12.8. The highest BCUT2D eigenvalue weighted by Gasteiger charge is 2.54. The lowest BCUT2D eigenvalue weighted by Gasteiger charge is -2.33. The Morgan fingerprint density at radius 1 is 1.28 bits per heavy atom. The summed E-state index contributed by atoms with van der Waals surface area (Å²) in [5.74, 6) is 1.97. The molecule has 1 saturated heterocycles. The highest BCUT2D eigenvalue weighted by Crippen LogP contribution is 2.49. The third kappa shape index (κ3) is 1.87. The van der Waals surface area contributed by atoms with Gasteiger partial charge >= 0.3 is 0 Å². The first-order valence-corrected chi connectivity index (χ1v) is 7.71. The number of carbonyl (C=O) groups excluding carboxylic acids is 1. The molecule has 0 spiro atoms. The average molecular weight is 250 g/mol. The van der Waals surface area contributed by atoms with Gasteiger partial charge in [0.1, 0.15) is 0 Å². The first-order chi connectivity index (χ1) is 8.60. The molecule has 2 unspecified atom stereocenters. The Morgan fingerprint density at radius 2 is 1.83 bits per heavy atom. The number of hydrogen-bond acceptors (Lipinski definition) is 2. The molecule has 102 valence electrons. The summed E-state index contributed by atoms with van der Waals surface area (Å²) in [7, 11) is 0. The molecule has 2 saturated carbocycles. The van der Waals surface area contributed by atoms with E-state index in [-0.39, 0.29) is 11.7 Å². The van der Waals surface area contributed by atoms with Gasteiger partial charge < -0.3 is 4.90 Å². The summed E-state index contributed by atoms with van der Waals surface area (Å²) in [6, 6.07) is 0.545. The molecular weight excluding hydrogens is 224 g/mol. The zero-order chi connectivity index (χ0) is 12.9. The van der Waals surface area contributed by atoms with Crippen LogP contribution in [0.15, 0.2) is 0 Å². The zero-order valence-corrected chi connectivity index (χ0v) is 11.9. The van der Waals surface area contributed by atoms with Gasteiger partial charge in [0.15, 0.2) is 0 Å². The van der Waals surface area contributed by atoms with Crippen molar-refractivity contribution in [3.05, 3.63) is 0 Å². The minimum atomic E-state index is -0.317. The topological polar surface area (TPSA) is 32.3 Å². The first kappa shape index (κ1) is 12.5. The van der Waals surface area contributed by atoms with E-state index in [4.69, 9.17) is 0 Å². The van der Waals surface area contributed by atoms with Gasteiger partial charge in [0.25, 0.3) is 0 Å². The summed E-state index contributed by atoms with van der Waals surface area (Å²) >= 11 is 0. The van der Waals surface area contributed by atoms with Gasteiger partial charge in [-0.25, -0.2) is 0 Å². The van der Waals surface area contributed by atoms with Gasteiger partial charge in [-0.3, -0.25) is 10.1 Å². The smallest absolute Gasteiger partial charge is 0.244 e. The van der Waals surface area contributed by atoms with E-state index in [0.29, 0.717) is 11.9 Å². The van der Waals surface area contributed by atoms with Crippen LogP contribution in [-0.4, -0.2) is 28.6 Å². The van der Waals surface area contributed by atoms with E-state index in [2.05, 4.69) is 31.0 Å². The van der Waals surface area contributed by atoms with Crippen LogP contribution in [0.2, 0.25) is 0 Å². The van der Waals surface area contributed by atoms with E-state index in [1.165, 1.54) is 25.7 Å². The molecule has 18 heavy (non-hydrogen) atoms. The molecule has 3 rings (SSSR count). The van der Waals surface area contributed by atoms with Gasteiger partial charge in [-0.1, -0.05) is 13.8 Å². The molecule has 3 aliphatic rings. The minimum absolute atomic E-state index is 0.272. The van der Waals surface area contributed by atoms with Crippen molar-refractivity contribution >= 4 is 5.91 Å². The van der Waals surface area contributed by atoms with Gasteiger partial charge in [-0.05, 0) is 57.3 Å². The fourth-order valence-corrected chi connectivity index (χ4v) is 3.54. The molecule has 0 aromatic carbocycles. The van der Waals surface area contributed by atoms with E-state index in [1.54, 1.807) is 0 Å². The first-order valence-electron chi connectivity index (χ1n) is 7.71. The predicted octanol–water partition coefficient (Wildman–Crippen LogP) is 2.51. The summed E-state index contributed by atoms with van der Waals surface area (Å²) in [6.07, 6.45) is 7.54. The van der Waals surface area contributed by atoms with Crippen molar-refractivity contribution in [1.82, 2.24) is 10.2 Å². The molecular formula is C15H26N2O. The lowest BCUT2D eigenvalue weighted by molar-refractivity contribution is -0.136. The fraction of sp³-hybridized carbons (Fsp3) is 0.933. The van der Waals surface area contributed by atoms with Crippen molar-refractivity contribution in [1.29, 1.82) is 0 Å². The maximum Gasteiger partial charge on any atom is 0.244 e. The van der Waals surface area contributed by atoms with Crippen LogP contribution in [0.25, 0.3) is 0 Å². The molecule has 0 bridgehead atoms. The van der Waals surface area contributed by atoms with E-state index in [9.17, 15) is 4.79 Å². The second-order valence-corrected chi connectivity index (χ2v) is 6.63. The summed E-state index contributed by atoms with van der Waals surface area (Å²) in [5, 5.41) is 3.59. The normalized spacial score (nSPS) is 36.8. The Hall–Kier alpha value is -0.570. The van der Waals surface area contributed by atoms with Crippen LogP contribution < -0.4 is 5.32 Å². The van der Waals surface area contributed by atoms with Gasteiger partial charge in [0.2, 0.25) is 5.91 Å². The van der Waals surface area contributed by atoms with Crippen LogP contribution in [0.1, 0.15) is 59.3 Å². The van der Waals surface area contributed by atoms with Crippen LogP contribution in [0.4, 0.5) is 0 Å². The Bertz CT molecular complexity index is 336. The lowest BCUT2D eigenvalue weighted by atomic mass is 9.97. The molecule has 1 N–H and O–H groups in total. The maximum absolute atomic E-state index is 12.8. The number of nitrogens with one attached hydrogen (secondary N) is 1. The molecule has 0 aromatic heterocycles. The molecule has 0 aromatic rings. The molecule has 3 nitrogen and oxygen atoms in total. The molecule has 3 fully saturated rings. The highest BCUT2D eigenvalue weighted by atomic mass is 16.2. The number of rotatable bonds is 5. The van der Waals surface area contributed by atoms with Gasteiger partial charge in [-0.2, -0.15) is 0 Å². The Balaban J connectivity index is 1.85. The Kier molecular flexibility index (Phi) is 2.92. The number of carbonyl (C=O) groups is 1. The summed E-state index contributed by atoms with van der Waals surface area (Å²) in [4.78, 5) is 15.0. The summed E-state index contributed by atoms with van der Waals surface area (Å²) in [5.41, 5.74) is -0.317. The Morgan fingerprint density at radius 3 is 2.22 bits per heavy atom. The van der Waals surface area contributed by atoms with Crippen molar-refractivity contribution in [3.8, 4) is 0 Å². The van der Waals surface area contributed by atoms with Crippen molar-refractivity contribution < 1.29 is 4.79 Å². The third-order valence-corrected chi connectivity index (χ3v) is 5.15. The molecule has 3 heteroatoms. The Labute approximate surface area is 110 Å². The second-order valence-electron chi connectivity index (χ2n) is 6.63. The van der Waals surface area contributed by atoms with Gasteiger partial charge in [-0.15, -0.1) is 0 Å². The zero-order valence-electron chi connectivity index (χ0n) is 11.9. The lowest BCUT2D eigenvalue weighted by Crippen LogP contribution is -2.47. The van der Waals surface area contributed by atoms with E-state index in [0.717, 1.165) is 24.7 Å². The largest absolute Gasteiger partial charge is 0.322 e. The van der Waals surface area contributed by atoms with Crippen LogP contribution in [0, 0.1) is 11.8 Å². The molecule has 1 amide bonds. The fourth-order valence-electron chi connectivity index (χ4n) is 3.54. The molecule has 1 heterocycles. The quantitative estimate of drug-likeness (QED) is 0.813. The minimum Gasteiger partial charge on any atom is -0.322 e. The third-order valence-electron chi connectivity index (χ3n) is 5.15. The molecule has 2 atom stereocenters. The summed E-state index contributed by atoms with van der Waals surface area (Å²) < 4.78 is 0. The van der Waals surface area contributed by atoms with Crippen LogP contribution in [-0.2, 0) is 4.79 Å². The second kappa shape index (κ2) is 4.22. The van der Waals surface area contributed by atoms with Crippen LogP contribution in [0.3, 0.4) is 0 Å². The van der Waals surface area contributed by atoms with Gasteiger partial charge in [0, 0.05) is 6.04 Å². The number of amides is 1. The molecule has 2 aliphatic carbocycles. The van der Waals surface area contributed by atoms with E-state index in [1.807, 2.05) is 0 Å². The molecule has 0 radical (unpaired) electrons. The standard InChI is InChI=1S/C15H26N2O/c1-4-12-16-15(3,5-2)14(18)17(12)13(10-6-7-10)11-8-9-11/h10-13,16H,4-9H2,1-3H3. The SMILES string of the molecule is CCC1NC(C)(CC)C(=O)N1C(C1CC1)C1CC1. The highest BCUT2D eigenvalue weighted by molar-refractivity contribution is 5.88. The van der Waals surface area contributed by atoms with Crippen molar-refractivity contribution in [3.63, 3.8) is 0 Å². The van der Waals surface area contributed by atoms with Crippen molar-refractivity contribution in [2.75, 3.05) is 0 Å². The number of hydrogen-bond donors (Lipinski definition) is 1. The van der Waals surface area contributed by atoms with Gasteiger partial charge in [0.05, 0.1) is 11.7 Å². The van der Waals surface area contributed by atoms with E-state index < -0.39 is 0 Å².